The van der Waals surface area contributed by atoms with Crippen LogP contribution in [0.25, 0.3) is 0 Å². The summed E-state index contributed by atoms with van der Waals surface area (Å²) in [5.41, 5.74) is 4.68. The van der Waals surface area contributed by atoms with Gasteiger partial charge in [-0.15, -0.1) is 0 Å². The maximum absolute atomic E-state index is 12.4. The Morgan fingerprint density at radius 1 is 1.00 bits per heavy atom. The number of aliphatic hydroxyl groups is 1. The van der Waals surface area contributed by atoms with Crippen molar-refractivity contribution >= 4 is 11.8 Å². The molecular formula is C28H35N3O4. The number of nitrogens with one attached hydrogen (secondary N) is 3. The van der Waals surface area contributed by atoms with Crippen molar-refractivity contribution in [3.05, 3.63) is 70.8 Å². The van der Waals surface area contributed by atoms with E-state index in [2.05, 4.69) is 34.6 Å². The van der Waals surface area contributed by atoms with Gasteiger partial charge in [-0.1, -0.05) is 37.8 Å². The van der Waals surface area contributed by atoms with Crippen molar-refractivity contribution in [3.63, 3.8) is 0 Å². The Hall–Kier alpha value is -3.18. The first-order chi connectivity index (χ1) is 16.4. The maximum Gasteiger partial charge on any atom is 0.268 e. The summed E-state index contributed by atoms with van der Waals surface area (Å²) in [7, 11) is 0. The highest BCUT2D eigenvalue weighted by Gasteiger charge is 2.38. The molecule has 2 aromatic rings. The molecule has 2 saturated carbocycles. The zero-order chi connectivity index (χ0) is 24.1. The Morgan fingerprint density at radius 2 is 1.63 bits per heavy atom. The van der Waals surface area contributed by atoms with Gasteiger partial charge in [-0.3, -0.25) is 14.8 Å². The third kappa shape index (κ3) is 6.70. The molecule has 4 rings (SSSR count). The van der Waals surface area contributed by atoms with E-state index < -0.39 is 24.0 Å². The molecule has 5 atom stereocenters. The first-order valence-electron chi connectivity index (χ1n) is 11.8. The number of carbonyl (C=O) groups is 2. The number of carbonyl (C=O) groups excluding carboxylic acids is 2. The van der Waals surface area contributed by atoms with E-state index in [-0.39, 0.29) is 7.43 Å². The molecule has 0 radical (unpaired) electrons. The highest BCUT2D eigenvalue weighted by molar-refractivity contribution is 5.97. The van der Waals surface area contributed by atoms with Crippen LogP contribution in [0.2, 0.25) is 0 Å². The highest BCUT2D eigenvalue weighted by Crippen LogP contribution is 2.44. The van der Waals surface area contributed by atoms with Crippen molar-refractivity contribution in [1.29, 1.82) is 0 Å². The second-order valence-corrected chi connectivity index (χ2v) is 9.35. The third-order valence-electron chi connectivity index (χ3n) is 6.92. The van der Waals surface area contributed by atoms with Crippen LogP contribution in [-0.2, 0) is 11.3 Å². The van der Waals surface area contributed by atoms with Crippen molar-refractivity contribution < 1.29 is 19.9 Å². The molecule has 2 aliphatic carbocycles. The van der Waals surface area contributed by atoms with Crippen molar-refractivity contribution in [3.8, 4) is 11.8 Å². The van der Waals surface area contributed by atoms with Crippen LogP contribution < -0.4 is 16.1 Å². The van der Waals surface area contributed by atoms with E-state index in [4.69, 9.17) is 5.21 Å². The molecule has 0 heterocycles. The van der Waals surface area contributed by atoms with Crippen molar-refractivity contribution in [2.24, 2.45) is 11.8 Å². The molecule has 186 valence electrons. The number of rotatable bonds is 7. The minimum atomic E-state index is -1.26. The number of aliphatic hydroxyl groups excluding tert-OH is 1. The van der Waals surface area contributed by atoms with Crippen LogP contribution in [0.4, 0.5) is 0 Å². The Kier molecular flexibility index (Phi) is 9.05. The average molecular weight is 478 g/mol. The molecule has 0 aliphatic heterocycles. The number of benzene rings is 2. The van der Waals surface area contributed by atoms with E-state index in [1.807, 2.05) is 12.1 Å². The molecule has 0 aromatic heterocycles. The Bertz CT molecular complexity index is 1070. The first-order valence-corrected chi connectivity index (χ1v) is 11.8. The molecule has 2 aromatic carbocycles. The number of fused-ring (bicyclic) bond motifs is 2. The van der Waals surface area contributed by atoms with Gasteiger partial charge in [0.15, 0.2) is 0 Å². The molecule has 2 aliphatic rings. The zero-order valence-corrected chi connectivity index (χ0v) is 19.3. The normalized spacial score (nSPS) is 21.7. The minimum absolute atomic E-state index is 0. The molecule has 0 saturated heterocycles. The standard InChI is InChI=1S/C27H31N3O4.CH4/c1-17(31)25(27(33)30-34)29-26(32)22-11-8-19(9-12-22)3-2-18-4-6-20(7-5-18)16-28-24-15-21-10-13-23(24)14-21;/h4-9,11-12,17,21,23-25,28,31,34H,10,13-16H2,1H3,(H,29,32)(H,30,33);1H4/t17-,21+,23-,24-,25+;/m1./s1. The van der Waals surface area contributed by atoms with Gasteiger partial charge < -0.3 is 15.7 Å². The summed E-state index contributed by atoms with van der Waals surface area (Å²) in [6.45, 7) is 2.24. The lowest BCUT2D eigenvalue weighted by Gasteiger charge is -2.23. The van der Waals surface area contributed by atoms with E-state index in [9.17, 15) is 14.7 Å². The number of hydrogen-bond acceptors (Lipinski definition) is 5. The monoisotopic (exact) mass is 477 g/mol. The van der Waals surface area contributed by atoms with Gasteiger partial charge in [0.1, 0.15) is 6.04 Å². The van der Waals surface area contributed by atoms with Crippen LogP contribution in [0.3, 0.4) is 0 Å². The third-order valence-corrected chi connectivity index (χ3v) is 6.92. The predicted molar refractivity (Wildman–Crippen MR) is 135 cm³/mol. The first kappa shape index (κ1) is 26.4. The van der Waals surface area contributed by atoms with Gasteiger partial charge >= 0.3 is 0 Å². The van der Waals surface area contributed by atoms with Crippen molar-refractivity contribution in [1.82, 2.24) is 16.1 Å². The van der Waals surface area contributed by atoms with Gasteiger partial charge in [0.2, 0.25) is 0 Å². The van der Waals surface area contributed by atoms with E-state index in [1.165, 1.54) is 43.7 Å². The molecule has 5 N–H and O–H groups in total. The van der Waals surface area contributed by atoms with Crippen LogP contribution in [0, 0.1) is 23.7 Å². The molecule has 0 spiro atoms. The molecular weight excluding hydrogens is 442 g/mol. The summed E-state index contributed by atoms with van der Waals surface area (Å²) in [6, 6.07) is 14.3. The smallest absolute Gasteiger partial charge is 0.268 e. The number of hydrogen-bond donors (Lipinski definition) is 5. The fourth-order valence-electron chi connectivity index (χ4n) is 5.00. The van der Waals surface area contributed by atoms with Crippen LogP contribution >= 0.6 is 0 Å². The Labute approximate surface area is 207 Å². The lowest BCUT2D eigenvalue weighted by Crippen LogP contribution is -2.51. The van der Waals surface area contributed by atoms with Gasteiger partial charge in [-0.25, -0.2) is 5.48 Å². The SMILES string of the molecule is C.C[C@@H](O)[C@H](NC(=O)c1ccc(C#Cc2ccc(CN[C@@H]3C[C@H]4CC[C@@H]3C4)cc2)cc1)C(=O)NO. The average Bonchev–Trinajstić information content (AvgIpc) is 3.48. The summed E-state index contributed by atoms with van der Waals surface area (Å²) in [5.74, 6) is 6.62. The maximum atomic E-state index is 12.4. The lowest BCUT2D eigenvalue weighted by molar-refractivity contribution is -0.133. The molecule has 2 fully saturated rings. The van der Waals surface area contributed by atoms with Gasteiger partial charge in [0, 0.05) is 29.3 Å². The lowest BCUT2D eigenvalue weighted by atomic mass is 9.95. The van der Waals surface area contributed by atoms with Gasteiger partial charge in [-0.2, -0.15) is 0 Å². The largest absolute Gasteiger partial charge is 0.391 e. The zero-order valence-electron chi connectivity index (χ0n) is 19.3. The van der Waals surface area contributed by atoms with E-state index >= 15 is 0 Å². The molecule has 2 amide bonds. The van der Waals surface area contributed by atoms with Crippen LogP contribution in [0.1, 0.15) is 67.1 Å². The fourth-order valence-corrected chi connectivity index (χ4v) is 5.00. The quantitative estimate of drug-likeness (QED) is 0.239. The minimum Gasteiger partial charge on any atom is -0.391 e. The van der Waals surface area contributed by atoms with Gasteiger partial charge in [-0.05, 0) is 80.0 Å². The van der Waals surface area contributed by atoms with Gasteiger partial charge in [0.25, 0.3) is 11.8 Å². The summed E-state index contributed by atoms with van der Waals surface area (Å²) in [5, 5.41) is 24.5. The molecule has 7 nitrogen and oxygen atoms in total. The van der Waals surface area contributed by atoms with E-state index in [1.54, 1.807) is 24.3 Å². The van der Waals surface area contributed by atoms with Crippen molar-refractivity contribution in [2.75, 3.05) is 0 Å². The Balaban J connectivity index is 0.00000342. The number of amides is 2. The second-order valence-electron chi connectivity index (χ2n) is 9.35. The molecule has 7 heteroatoms. The highest BCUT2D eigenvalue weighted by atomic mass is 16.5. The van der Waals surface area contributed by atoms with Crippen LogP contribution in [0.5, 0.6) is 0 Å². The molecule has 2 bridgehead atoms. The van der Waals surface area contributed by atoms with Crippen LogP contribution in [0.15, 0.2) is 48.5 Å². The summed E-state index contributed by atoms with van der Waals surface area (Å²) < 4.78 is 0. The molecule has 0 unspecified atom stereocenters. The summed E-state index contributed by atoms with van der Waals surface area (Å²) >= 11 is 0. The topological polar surface area (TPSA) is 111 Å². The summed E-state index contributed by atoms with van der Waals surface area (Å²) in [4.78, 5) is 23.9. The fraction of sp³-hybridized carbons (Fsp3) is 0.429. The van der Waals surface area contributed by atoms with E-state index in [0.29, 0.717) is 11.6 Å². The predicted octanol–water partition coefficient (Wildman–Crippen LogP) is 2.99. The molecule has 35 heavy (non-hydrogen) atoms. The Morgan fingerprint density at radius 3 is 2.14 bits per heavy atom. The van der Waals surface area contributed by atoms with Crippen LogP contribution in [-0.4, -0.2) is 40.3 Å². The van der Waals surface area contributed by atoms with Crippen molar-refractivity contribution in [2.45, 2.75) is 64.8 Å². The summed E-state index contributed by atoms with van der Waals surface area (Å²) in [6.07, 6.45) is 4.36. The second kappa shape index (κ2) is 12.0. The van der Waals surface area contributed by atoms with Gasteiger partial charge in [0.05, 0.1) is 6.10 Å². The number of hydroxylamine groups is 1. The van der Waals surface area contributed by atoms with E-state index in [0.717, 1.165) is 29.5 Å².